The summed E-state index contributed by atoms with van der Waals surface area (Å²) < 4.78 is 41.2. The fourth-order valence-corrected chi connectivity index (χ4v) is 1.27. The van der Waals surface area contributed by atoms with Crippen LogP contribution in [0.5, 0.6) is 5.75 Å². The molecule has 0 aromatic heterocycles. The molecule has 1 aromatic rings. The van der Waals surface area contributed by atoms with Gasteiger partial charge in [-0.3, -0.25) is 4.79 Å². The van der Waals surface area contributed by atoms with Crippen LogP contribution >= 0.6 is 0 Å². The number of hydrogen-bond acceptors (Lipinski definition) is 3. The van der Waals surface area contributed by atoms with Gasteiger partial charge in [-0.1, -0.05) is 0 Å². The number of rotatable bonds is 6. The summed E-state index contributed by atoms with van der Waals surface area (Å²) in [5.41, 5.74) is 5.23. The lowest BCUT2D eigenvalue weighted by molar-refractivity contribution is -0.116. The van der Waals surface area contributed by atoms with E-state index in [0.29, 0.717) is 13.0 Å². The SMILES string of the molecule is NCCCC(=O)Nc1ccc(F)cc1OC(F)F. The lowest BCUT2D eigenvalue weighted by Crippen LogP contribution is -2.15. The monoisotopic (exact) mass is 262 g/mol. The first-order valence-electron chi connectivity index (χ1n) is 5.27. The molecule has 1 aromatic carbocycles. The zero-order valence-corrected chi connectivity index (χ0v) is 9.46. The van der Waals surface area contributed by atoms with Crippen LogP contribution in [0.3, 0.4) is 0 Å². The summed E-state index contributed by atoms with van der Waals surface area (Å²) in [7, 11) is 0. The average molecular weight is 262 g/mol. The van der Waals surface area contributed by atoms with E-state index in [2.05, 4.69) is 10.1 Å². The normalized spacial score (nSPS) is 10.5. The lowest BCUT2D eigenvalue weighted by Gasteiger charge is -2.11. The molecule has 4 nitrogen and oxygen atoms in total. The van der Waals surface area contributed by atoms with Crippen LogP contribution in [0.4, 0.5) is 18.9 Å². The number of nitrogens with one attached hydrogen (secondary N) is 1. The van der Waals surface area contributed by atoms with E-state index in [1.165, 1.54) is 0 Å². The highest BCUT2D eigenvalue weighted by Crippen LogP contribution is 2.27. The third-order valence-electron chi connectivity index (χ3n) is 2.04. The first-order valence-corrected chi connectivity index (χ1v) is 5.27. The average Bonchev–Trinajstić information content (AvgIpc) is 2.29. The fraction of sp³-hybridized carbons (Fsp3) is 0.364. The molecule has 0 bridgehead atoms. The third kappa shape index (κ3) is 4.62. The Labute approximate surface area is 102 Å². The van der Waals surface area contributed by atoms with E-state index in [0.717, 1.165) is 18.2 Å². The number of amides is 1. The van der Waals surface area contributed by atoms with Gasteiger partial charge in [-0.25, -0.2) is 4.39 Å². The van der Waals surface area contributed by atoms with Crippen molar-refractivity contribution in [3.63, 3.8) is 0 Å². The summed E-state index contributed by atoms with van der Waals surface area (Å²) in [6, 6.07) is 2.98. The molecule has 7 heteroatoms. The summed E-state index contributed by atoms with van der Waals surface area (Å²) >= 11 is 0. The molecule has 0 aliphatic rings. The Kier molecular flexibility index (Phi) is 5.44. The van der Waals surface area contributed by atoms with Gasteiger partial charge in [0.25, 0.3) is 0 Å². The van der Waals surface area contributed by atoms with E-state index in [4.69, 9.17) is 5.73 Å². The standard InChI is InChI=1S/C11H13F3N2O2/c12-7-3-4-8(9(6-7)18-11(13)14)16-10(17)2-1-5-15/h3-4,6,11H,1-2,5,15H2,(H,16,17). The third-order valence-corrected chi connectivity index (χ3v) is 2.04. The van der Waals surface area contributed by atoms with Crippen LogP contribution < -0.4 is 15.8 Å². The van der Waals surface area contributed by atoms with Crippen molar-refractivity contribution in [2.24, 2.45) is 5.73 Å². The molecule has 0 atom stereocenters. The summed E-state index contributed by atoms with van der Waals surface area (Å²) in [6.45, 7) is -2.75. The molecule has 1 rings (SSSR count). The van der Waals surface area contributed by atoms with E-state index >= 15 is 0 Å². The molecule has 0 spiro atoms. The maximum Gasteiger partial charge on any atom is 0.387 e. The number of carbonyl (C=O) groups is 1. The van der Waals surface area contributed by atoms with Crippen molar-refractivity contribution >= 4 is 11.6 Å². The van der Waals surface area contributed by atoms with Gasteiger partial charge in [-0.05, 0) is 25.1 Å². The van der Waals surface area contributed by atoms with E-state index < -0.39 is 24.1 Å². The van der Waals surface area contributed by atoms with Crippen molar-refractivity contribution in [1.29, 1.82) is 0 Å². The van der Waals surface area contributed by atoms with Gasteiger partial charge in [0.2, 0.25) is 5.91 Å². The van der Waals surface area contributed by atoms with Crippen LogP contribution in [-0.2, 0) is 4.79 Å². The maximum atomic E-state index is 12.9. The molecule has 0 saturated heterocycles. The number of hydrogen-bond donors (Lipinski definition) is 2. The molecule has 3 N–H and O–H groups in total. The Morgan fingerprint density at radius 1 is 1.44 bits per heavy atom. The van der Waals surface area contributed by atoms with Crippen LogP contribution in [0.25, 0.3) is 0 Å². The first kappa shape index (κ1) is 14.3. The molecule has 0 unspecified atom stereocenters. The second-order valence-corrected chi connectivity index (χ2v) is 3.46. The van der Waals surface area contributed by atoms with Gasteiger partial charge in [0.1, 0.15) is 5.82 Å². The number of alkyl halides is 2. The van der Waals surface area contributed by atoms with Crippen LogP contribution in [-0.4, -0.2) is 19.1 Å². The summed E-state index contributed by atoms with van der Waals surface area (Å²) in [5.74, 6) is -1.54. The number of carbonyl (C=O) groups excluding carboxylic acids is 1. The molecule has 0 saturated carbocycles. The van der Waals surface area contributed by atoms with Crippen molar-refractivity contribution in [1.82, 2.24) is 0 Å². The fourth-order valence-electron chi connectivity index (χ4n) is 1.27. The van der Waals surface area contributed by atoms with Gasteiger partial charge < -0.3 is 15.8 Å². The van der Waals surface area contributed by atoms with E-state index in [9.17, 15) is 18.0 Å². The highest BCUT2D eigenvalue weighted by molar-refractivity contribution is 5.92. The van der Waals surface area contributed by atoms with Crippen molar-refractivity contribution in [3.05, 3.63) is 24.0 Å². The largest absolute Gasteiger partial charge is 0.432 e. The molecule has 0 aliphatic heterocycles. The van der Waals surface area contributed by atoms with Crippen LogP contribution in [0, 0.1) is 5.82 Å². The highest BCUT2D eigenvalue weighted by Gasteiger charge is 2.12. The maximum absolute atomic E-state index is 12.9. The first-order chi connectivity index (χ1) is 8.52. The second-order valence-electron chi connectivity index (χ2n) is 3.46. The van der Waals surface area contributed by atoms with Crippen LogP contribution in [0.2, 0.25) is 0 Å². The van der Waals surface area contributed by atoms with Crippen molar-refractivity contribution in [2.75, 3.05) is 11.9 Å². The number of nitrogens with two attached hydrogens (primary N) is 1. The Morgan fingerprint density at radius 2 is 2.17 bits per heavy atom. The Bertz CT molecular complexity index is 413. The summed E-state index contributed by atoms with van der Waals surface area (Å²) in [6.07, 6.45) is 0.625. The minimum Gasteiger partial charge on any atom is -0.432 e. The van der Waals surface area contributed by atoms with Gasteiger partial charge in [0.05, 0.1) is 5.69 Å². The molecule has 0 aliphatic carbocycles. The Balaban J connectivity index is 2.77. The van der Waals surface area contributed by atoms with Gasteiger partial charge in [0.15, 0.2) is 5.75 Å². The number of anilines is 1. The minimum atomic E-state index is -3.09. The molecule has 1 amide bonds. The van der Waals surface area contributed by atoms with Crippen LogP contribution in [0.1, 0.15) is 12.8 Å². The van der Waals surface area contributed by atoms with Crippen molar-refractivity contribution in [3.8, 4) is 5.75 Å². The molecule has 0 fully saturated rings. The predicted octanol–water partition coefficient (Wildman–Crippen LogP) is 2.10. The molecule has 100 valence electrons. The van der Waals surface area contributed by atoms with E-state index in [1.54, 1.807) is 0 Å². The van der Waals surface area contributed by atoms with Gasteiger partial charge in [0, 0.05) is 12.5 Å². The molecule has 0 heterocycles. The smallest absolute Gasteiger partial charge is 0.387 e. The molecular formula is C11H13F3N2O2. The highest BCUT2D eigenvalue weighted by atomic mass is 19.3. The Hall–Kier alpha value is -1.76. The molecular weight excluding hydrogens is 249 g/mol. The van der Waals surface area contributed by atoms with Gasteiger partial charge in [-0.2, -0.15) is 8.78 Å². The zero-order chi connectivity index (χ0) is 13.5. The van der Waals surface area contributed by atoms with Gasteiger partial charge >= 0.3 is 6.61 Å². The number of benzene rings is 1. The minimum absolute atomic E-state index is 0.00118. The topological polar surface area (TPSA) is 64.4 Å². The summed E-state index contributed by atoms with van der Waals surface area (Å²) in [5, 5.41) is 2.36. The predicted molar refractivity (Wildman–Crippen MR) is 60.0 cm³/mol. The molecule has 18 heavy (non-hydrogen) atoms. The number of ether oxygens (including phenoxy) is 1. The zero-order valence-electron chi connectivity index (χ0n) is 9.46. The Morgan fingerprint density at radius 3 is 2.78 bits per heavy atom. The lowest BCUT2D eigenvalue weighted by atomic mass is 10.2. The molecule has 0 radical (unpaired) electrons. The van der Waals surface area contributed by atoms with Crippen LogP contribution in [0.15, 0.2) is 18.2 Å². The van der Waals surface area contributed by atoms with Gasteiger partial charge in [-0.15, -0.1) is 0 Å². The quantitative estimate of drug-likeness (QED) is 0.825. The van der Waals surface area contributed by atoms with Crippen molar-refractivity contribution < 1.29 is 22.7 Å². The number of halogens is 3. The van der Waals surface area contributed by atoms with Crippen molar-refractivity contribution in [2.45, 2.75) is 19.5 Å². The van der Waals surface area contributed by atoms with E-state index in [-0.39, 0.29) is 12.1 Å². The summed E-state index contributed by atoms with van der Waals surface area (Å²) in [4.78, 5) is 11.4. The van der Waals surface area contributed by atoms with E-state index in [1.807, 2.05) is 0 Å². The second kappa shape index (κ2) is 6.85.